The molecular weight excluding hydrogens is 212 g/mol. The Bertz CT molecular complexity index is 472. The van der Waals surface area contributed by atoms with Crippen molar-refractivity contribution in [3.63, 3.8) is 0 Å². The molecule has 2 unspecified atom stereocenters. The van der Waals surface area contributed by atoms with Crippen LogP contribution in [-0.2, 0) is 0 Å². The SMILES string of the molecule is N#Cc1nccnc1N1CC2CC=CCC2C1. The molecule has 86 valence electrons. The maximum Gasteiger partial charge on any atom is 0.183 e. The van der Waals surface area contributed by atoms with E-state index in [2.05, 4.69) is 33.1 Å². The van der Waals surface area contributed by atoms with Crippen LogP contribution < -0.4 is 4.90 Å². The van der Waals surface area contributed by atoms with Gasteiger partial charge in [0, 0.05) is 25.5 Å². The lowest BCUT2D eigenvalue weighted by Gasteiger charge is -2.17. The summed E-state index contributed by atoms with van der Waals surface area (Å²) in [6.07, 6.45) is 10.1. The van der Waals surface area contributed by atoms with Crippen LogP contribution in [-0.4, -0.2) is 23.1 Å². The van der Waals surface area contributed by atoms with E-state index in [9.17, 15) is 0 Å². The molecule has 1 aromatic heterocycles. The van der Waals surface area contributed by atoms with Crippen LogP contribution in [0.15, 0.2) is 24.5 Å². The van der Waals surface area contributed by atoms with Gasteiger partial charge in [-0.05, 0) is 24.7 Å². The zero-order valence-electron chi connectivity index (χ0n) is 9.58. The Hall–Kier alpha value is -1.89. The monoisotopic (exact) mass is 226 g/mol. The molecule has 0 aromatic carbocycles. The summed E-state index contributed by atoms with van der Waals surface area (Å²) in [5.74, 6) is 2.19. The molecule has 4 heteroatoms. The quantitative estimate of drug-likeness (QED) is 0.684. The van der Waals surface area contributed by atoms with E-state index in [4.69, 9.17) is 5.26 Å². The summed E-state index contributed by atoms with van der Waals surface area (Å²) in [5.41, 5.74) is 0.444. The smallest absolute Gasteiger partial charge is 0.183 e. The summed E-state index contributed by atoms with van der Waals surface area (Å²) in [6, 6.07) is 2.12. The van der Waals surface area contributed by atoms with Crippen LogP contribution in [0.3, 0.4) is 0 Å². The van der Waals surface area contributed by atoms with Crippen molar-refractivity contribution in [1.29, 1.82) is 5.26 Å². The summed E-state index contributed by atoms with van der Waals surface area (Å²) < 4.78 is 0. The van der Waals surface area contributed by atoms with Crippen molar-refractivity contribution in [3.05, 3.63) is 30.2 Å². The first-order valence-electron chi connectivity index (χ1n) is 5.99. The van der Waals surface area contributed by atoms with E-state index in [0.717, 1.165) is 31.7 Å². The highest BCUT2D eigenvalue weighted by atomic mass is 15.2. The highest BCUT2D eigenvalue weighted by Crippen LogP contribution is 2.35. The van der Waals surface area contributed by atoms with Crippen molar-refractivity contribution in [2.24, 2.45) is 11.8 Å². The molecule has 2 heterocycles. The second kappa shape index (κ2) is 4.17. The molecule has 2 aliphatic rings. The van der Waals surface area contributed by atoms with Crippen molar-refractivity contribution in [1.82, 2.24) is 9.97 Å². The standard InChI is InChI=1S/C13H14N4/c14-7-12-13(16-6-5-15-12)17-8-10-3-1-2-4-11(10)9-17/h1-2,5-6,10-11H,3-4,8-9H2. The first kappa shape index (κ1) is 10.3. The average molecular weight is 226 g/mol. The summed E-state index contributed by atoms with van der Waals surface area (Å²) in [4.78, 5) is 10.6. The average Bonchev–Trinajstić information content (AvgIpc) is 2.82. The molecule has 3 rings (SSSR count). The number of nitriles is 1. The zero-order valence-corrected chi connectivity index (χ0v) is 9.58. The van der Waals surface area contributed by atoms with E-state index in [-0.39, 0.29) is 0 Å². The Kier molecular flexibility index (Phi) is 2.52. The predicted molar refractivity (Wildman–Crippen MR) is 64.3 cm³/mol. The van der Waals surface area contributed by atoms with Gasteiger partial charge in [-0.3, -0.25) is 0 Å². The second-order valence-corrected chi connectivity index (χ2v) is 4.71. The molecule has 1 aliphatic carbocycles. The van der Waals surface area contributed by atoms with Gasteiger partial charge in [-0.25, -0.2) is 9.97 Å². The molecule has 1 aromatic rings. The predicted octanol–water partition coefficient (Wildman–Crippen LogP) is 1.75. The van der Waals surface area contributed by atoms with Crippen molar-refractivity contribution in [2.45, 2.75) is 12.8 Å². The largest absolute Gasteiger partial charge is 0.354 e. The van der Waals surface area contributed by atoms with Gasteiger partial charge in [-0.1, -0.05) is 12.2 Å². The summed E-state index contributed by atoms with van der Waals surface area (Å²) in [5, 5.41) is 9.05. The van der Waals surface area contributed by atoms with Crippen LogP contribution in [0.4, 0.5) is 5.82 Å². The number of fused-ring (bicyclic) bond motifs is 1. The maximum absolute atomic E-state index is 9.05. The zero-order chi connectivity index (χ0) is 11.7. The molecule has 0 N–H and O–H groups in total. The van der Waals surface area contributed by atoms with Gasteiger partial charge >= 0.3 is 0 Å². The molecule has 17 heavy (non-hydrogen) atoms. The van der Waals surface area contributed by atoms with Gasteiger partial charge in [-0.15, -0.1) is 0 Å². The van der Waals surface area contributed by atoms with Crippen LogP contribution in [0, 0.1) is 23.2 Å². The third kappa shape index (κ3) is 1.78. The molecule has 0 radical (unpaired) electrons. The highest BCUT2D eigenvalue weighted by molar-refractivity contribution is 5.50. The third-order valence-corrected chi connectivity index (χ3v) is 3.71. The molecule has 2 atom stereocenters. The van der Waals surface area contributed by atoms with Crippen molar-refractivity contribution < 1.29 is 0 Å². The minimum atomic E-state index is 0.444. The van der Waals surface area contributed by atoms with Gasteiger partial charge in [-0.2, -0.15) is 5.26 Å². The van der Waals surface area contributed by atoms with Crippen LogP contribution >= 0.6 is 0 Å². The van der Waals surface area contributed by atoms with E-state index in [1.54, 1.807) is 12.4 Å². The molecule has 0 spiro atoms. The molecule has 0 bridgehead atoms. The summed E-state index contributed by atoms with van der Waals surface area (Å²) in [7, 11) is 0. The molecule has 1 saturated heterocycles. The van der Waals surface area contributed by atoms with E-state index in [0.29, 0.717) is 17.5 Å². The molecule has 4 nitrogen and oxygen atoms in total. The summed E-state index contributed by atoms with van der Waals surface area (Å²) >= 11 is 0. The lowest BCUT2D eigenvalue weighted by molar-refractivity contribution is 0.411. The normalized spacial score (nSPS) is 26.6. The van der Waals surface area contributed by atoms with Crippen LogP contribution in [0.25, 0.3) is 0 Å². The van der Waals surface area contributed by atoms with Crippen molar-refractivity contribution >= 4 is 5.82 Å². The highest BCUT2D eigenvalue weighted by Gasteiger charge is 2.34. The minimum Gasteiger partial charge on any atom is -0.354 e. The first-order valence-corrected chi connectivity index (χ1v) is 5.99. The van der Waals surface area contributed by atoms with Gasteiger partial charge in [0.1, 0.15) is 6.07 Å². The fourth-order valence-electron chi connectivity index (χ4n) is 2.83. The van der Waals surface area contributed by atoms with Gasteiger partial charge in [0.2, 0.25) is 0 Å². The second-order valence-electron chi connectivity index (χ2n) is 4.71. The van der Waals surface area contributed by atoms with Gasteiger partial charge in [0.15, 0.2) is 11.5 Å². The number of nitrogens with zero attached hydrogens (tertiary/aromatic N) is 4. The first-order chi connectivity index (χ1) is 8.38. The van der Waals surface area contributed by atoms with Gasteiger partial charge in [0.25, 0.3) is 0 Å². The van der Waals surface area contributed by atoms with E-state index >= 15 is 0 Å². The molecule has 0 saturated carbocycles. The van der Waals surface area contributed by atoms with Crippen molar-refractivity contribution in [2.75, 3.05) is 18.0 Å². The molecular formula is C13H14N4. The summed E-state index contributed by atoms with van der Waals surface area (Å²) in [6.45, 7) is 2.00. The van der Waals surface area contributed by atoms with Gasteiger partial charge < -0.3 is 4.90 Å². The Morgan fingerprint density at radius 1 is 1.12 bits per heavy atom. The van der Waals surface area contributed by atoms with Crippen molar-refractivity contribution in [3.8, 4) is 6.07 Å². The van der Waals surface area contributed by atoms with E-state index in [1.165, 1.54) is 0 Å². The Balaban J connectivity index is 1.85. The van der Waals surface area contributed by atoms with Gasteiger partial charge in [0.05, 0.1) is 0 Å². The Labute approximate surface area is 101 Å². The number of anilines is 1. The van der Waals surface area contributed by atoms with Crippen LogP contribution in [0.2, 0.25) is 0 Å². The minimum absolute atomic E-state index is 0.444. The third-order valence-electron chi connectivity index (χ3n) is 3.71. The fraction of sp³-hybridized carbons (Fsp3) is 0.462. The molecule has 1 fully saturated rings. The maximum atomic E-state index is 9.05. The van der Waals surface area contributed by atoms with E-state index < -0.39 is 0 Å². The number of aromatic nitrogens is 2. The number of hydrogen-bond acceptors (Lipinski definition) is 4. The Morgan fingerprint density at radius 2 is 1.76 bits per heavy atom. The number of hydrogen-bond donors (Lipinski definition) is 0. The lowest BCUT2D eigenvalue weighted by atomic mass is 9.86. The van der Waals surface area contributed by atoms with E-state index in [1.807, 2.05) is 0 Å². The number of allylic oxidation sites excluding steroid dienone is 2. The fourth-order valence-corrected chi connectivity index (χ4v) is 2.83. The lowest BCUT2D eigenvalue weighted by Crippen LogP contribution is -2.22. The van der Waals surface area contributed by atoms with Crippen LogP contribution in [0.5, 0.6) is 0 Å². The number of rotatable bonds is 1. The molecule has 1 aliphatic heterocycles. The Morgan fingerprint density at radius 3 is 2.41 bits per heavy atom. The van der Waals surface area contributed by atoms with Crippen LogP contribution in [0.1, 0.15) is 18.5 Å². The molecule has 0 amide bonds. The topological polar surface area (TPSA) is 52.8 Å².